The summed E-state index contributed by atoms with van der Waals surface area (Å²) in [6.07, 6.45) is 0.962. The average molecular weight is 235 g/mol. The third-order valence-electron chi connectivity index (χ3n) is 3.23. The van der Waals surface area contributed by atoms with Crippen LogP contribution in [0.5, 0.6) is 0 Å². The fourth-order valence-corrected chi connectivity index (χ4v) is 2.45. The number of hydrogen-bond donors (Lipinski definition) is 0. The molecule has 2 nitrogen and oxygen atoms in total. The second-order valence-corrected chi connectivity index (χ2v) is 4.36. The Morgan fingerprint density at radius 2 is 1.94 bits per heavy atom. The van der Waals surface area contributed by atoms with Crippen molar-refractivity contribution in [1.82, 2.24) is 0 Å². The van der Waals surface area contributed by atoms with Crippen molar-refractivity contribution in [2.75, 3.05) is 0 Å². The lowest BCUT2D eigenvalue weighted by Crippen LogP contribution is -2.18. The van der Waals surface area contributed by atoms with Crippen LogP contribution in [0.3, 0.4) is 0 Å². The summed E-state index contributed by atoms with van der Waals surface area (Å²) in [4.78, 5) is 11.9. The lowest BCUT2D eigenvalue weighted by atomic mass is 9.66. The zero-order valence-electron chi connectivity index (χ0n) is 10.2. The topological polar surface area (TPSA) is 30.2 Å². The molecule has 0 amide bonds. The van der Waals surface area contributed by atoms with Gasteiger partial charge in [0.1, 0.15) is 5.42 Å². The predicted octanol–water partition coefficient (Wildman–Crippen LogP) is 1.84. The summed E-state index contributed by atoms with van der Waals surface area (Å²) >= 11 is 0. The first kappa shape index (κ1) is 11.1. The van der Waals surface area contributed by atoms with Gasteiger partial charge in [-0.25, -0.2) is 4.79 Å². The van der Waals surface area contributed by atoms with Gasteiger partial charge < -0.3 is 4.42 Å². The molecule has 87 valence electrons. The summed E-state index contributed by atoms with van der Waals surface area (Å²) in [6, 6.07) is 9.76. The summed E-state index contributed by atoms with van der Waals surface area (Å²) < 4.78 is 5.16. The number of rotatable bonds is 2. The van der Waals surface area contributed by atoms with Crippen LogP contribution in [-0.2, 0) is 0 Å². The van der Waals surface area contributed by atoms with Gasteiger partial charge in [0.25, 0.3) is 0 Å². The van der Waals surface area contributed by atoms with Gasteiger partial charge in [0.15, 0.2) is 7.28 Å². The monoisotopic (exact) mass is 235 g/mol. The van der Waals surface area contributed by atoms with Crippen LogP contribution in [0.25, 0.3) is 28.1 Å². The van der Waals surface area contributed by atoms with Crippen molar-refractivity contribution in [3.63, 3.8) is 0 Å². The SMILES string of the molecule is C=c1oc(=O)c2ccc([B]CC)c3cccc1c32. The van der Waals surface area contributed by atoms with Gasteiger partial charge >= 0.3 is 5.63 Å². The first-order chi connectivity index (χ1) is 8.72. The maximum Gasteiger partial charge on any atom is 0.344 e. The molecule has 0 saturated carbocycles. The largest absolute Gasteiger partial charge is 0.423 e. The van der Waals surface area contributed by atoms with Gasteiger partial charge in [-0.3, -0.25) is 0 Å². The summed E-state index contributed by atoms with van der Waals surface area (Å²) in [7, 11) is 2.16. The Labute approximate surface area is 105 Å². The molecule has 18 heavy (non-hydrogen) atoms. The van der Waals surface area contributed by atoms with Crippen molar-refractivity contribution >= 4 is 40.9 Å². The first-order valence-electron chi connectivity index (χ1n) is 6.02. The van der Waals surface area contributed by atoms with Gasteiger partial charge in [0.05, 0.1) is 5.39 Å². The van der Waals surface area contributed by atoms with Crippen molar-refractivity contribution in [2.45, 2.75) is 13.2 Å². The van der Waals surface area contributed by atoms with Crippen LogP contribution < -0.4 is 16.5 Å². The van der Waals surface area contributed by atoms with E-state index >= 15 is 0 Å². The van der Waals surface area contributed by atoms with Crippen LogP contribution in [-0.4, -0.2) is 7.28 Å². The summed E-state index contributed by atoms with van der Waals surface area (Å²) in [6.45, 7) is 5.91. The molecule has 0 bridgehead atoms. The molecule has 0 atom stereocenters. The van der Waals surface area contributed by atoms with Crippen molar-refractivity contribution in [3.05, 3.63) is 46.2 Å². The van der Waals surface area contributed by atoms with Crippen molar-refractivity contribution in [3.8, 4) is 0 Å². The van der Waals surface area contributed by atoms with Crippen LogP contribution in [0.2, 0.25) is 6.32 Å². The Morgan fingerprint density at radius 3 is 2.72 bits per heavy atom. The lowest BCUT2D eigenvalue weighted by molar-refractivity contribution is 0.494. The van der Waals surface area contributed by atoms with Gasteiger partial charge in [-0.05, 0) is 11.5 Å². The average Bonchev–Trinajstić information content (AvgIpc) is 2.37. The van der Waals surface area contributed by atoms with Crippen molar-refractivity contribution < 1.29 is 4.42 Å². The van der Waals surface area contributed by atoms with E-state index in [1.165, 1.54) is 0 Å². The van der Waals surface area contributed by atoms with E-state index in [-0.39, 0.29) is 5.63 Å². The molecule has 3 aromatic rings. The van der Waals surface area contributed by atoms with Crippen LogP contribution in [0.4, 0.5) is 0 Å². The highest BCUT2D eigenvalue weighted by molar-refractivity contribution is 6.57. The van der Waals surface area contributed by atoms with Gasteiger partial charge in [0, 0.05) is 10.8 Å². The Morgan fingerprint density at radius 1 is 1.17 bits per heavy atom. The minimum absolute atomic E-state index is 0.313. The van der Waals surface area contributed by atoms with Crippen LogP contribution >= 0.6 is 0 Å². The Balaban J connectivity index is 2.60. The Hall–Kier alpha value is -2.03. The van der Waals surface area contributed by atoms with E-state index in [0.29, 0.717) is 10.8 Å². The number of benzene rings is 2. The zero-order chi connectivity index (χ0) is 12.7. The normalized spacial score (nSPS) is 11.2. The molecular weight excluding hydrogens is 223 g/mol. The fourth-order valence-electron chi connectivity index (χ4n) is 2.45. The summed E-state index contributed by atoms with van der Waals surface area (Å²) in [5.41, 5.74) is 1.28. The molecule has 3 rings (SSSR count). The molecule has 0 aliphatic rings. The third-order valence-corrected chi connectivity index (χ3v) is 3.23. The molecule has 1 heterocycles. The molecule has 0 fully saturated rings. The molecule has 0 unspecified atom stereocenters. The zero-order valence-corrected chi connectivity index (χ0v) is 10.2. The molecule has 0 aliphatic carbocycles. The van der Waals surface area contributed by atoms with Crippen molar-refractivity contribution in [1.29, 1.82) is 0 Å². The van der Waals surface area contributed by atoms with Crippen molar-refractivity contribution in [2.24, 2.45) is 0 Å². The second-order valence-electron chi connectivity index (χ2n) is 4.36. The van der Waals surface area contributed by atoms with Gasteiger partial charge in [-0.2, -0.15) is 0 Å². The standard InChI is InChI=1S/C15H12BO2/c1-3-16-13-8-7-12-14-10(5-4-6-11(13)14)9(2)18-15(12)17/h4-8H,2-3H2,1H3. The minimum Gasteiger partial charge on any atom is -0.423 e. The quantitative estimate of drug-likeness (QED) is 0.634. The van der Waals surface area contributed by atoms with E-state index in [2.05, 4.69) is 20.8 Å². The minimum atomic E-state index is -0.313. The molecule has 1 radical (unpaired) electrons. The molecule has 3 heteroatoms. The first-order valence-corrected chi connectivity index (χ1v) is 6.02. The Bertz CT molecular complexity index is 803. The van der Waals surface area contributed by atoms with Gasteiger partial charge in [-0.1, -0.05) is 49.6 Å². The highest BCUT2D eigenvalue weighted by atomic mass is 16.4. The molecule has 2 aromatic carbocycles. The highest BCUT2D eigenvalue weighted by Gasteiger charge is 2.10. The predicted molar refractivity (Wildman–Crippen MR) is 76.6 cm³/mol. The smallest absolute Gasteiger partial charge is 0.344 e. The van der Waals surface area contributed by atoms with E-state index in [1.807, 2.05) is 30.3 Å². The van der Waals surface area contributed by atoms with Crippen LogP contribution in [0.1, 0.15) is 6.92 Å². The number of hydrogen-bond acceptors (Lipinski definition) is 2. The van der Waals surface area contributed by atoms with E-state index in [4.69, 9.17) is 4.42 Å². The molecule has 0 N–H and O–H groups in total. The summed E-state index contributed by atoms with van der Waals surface area (Å²) in [5.74, 6) is 0. The Kier molecular flexibility index (Phi) is 2.48. The molecule has 0 saturated heterocycles. The maximum absolute atomic E-state index is 11.9. The lowest BCUT2D eigenvalue weighted by Gasteiger charge is -2.08. The second kappa shape index (κ2) is 4.02. The van der Waals surface area contributed by atoms with E-state index in [0.717, 1.165) is 27.9 Å². The van der Waals surface area contributed by atoms with Crippen LogP contribution in [0, 0.1) is 0 Å². The van der Waals surface area contributed by atoms with Gasteiger partial charge in [0.2, 0.25) is 0 Å². The summed E-state index contributed by atoms with van der Waals surface area (Å²) in [5, 5.41) is 3.58. The van der Waals surface area contributed by atoms with Gasteiger partial charge in [-0.15, -0.1) is 0 Å². The van der Waals surface area contributed by atoms with E-state index < -0.39 is 0 Å². The molecule has 1 aromatic heterocycles. The third kappa shape index (κ3) is 1.47. The highest BCUT2D eigenvalue weighted by Crippen LogP contribution is 2.20. The fraction of sp³-hybridized carbons (Fsp3) is 0.133. The maximum atomic E-state index is 11.9. The molecular formula is C15H12BO2. The van der Waals surface area contributed by atoms with Crippen LogP contribution in [0.15, 0.2) is 39.5 Å². The van der Waals surface area contributed by atoms with E-state index in [9.17, 15) is 4.79 Å². The van der Waals surface area contributed by atoms with E-state index in [1.54, 1.807) is 0 Å². The molecule has 0 aliphatic heterocycles. The molecule has 0 spiro atoms.